The van der Waals surface area contributed by atoms with Crippen LogP contribution in [0, 0.1) is 10.5 Å². The van der Waals surface area contributed by atoms with E-state index in [1.54, 1.807) is 0 Å². The standard InChI is InChI=1S/C19H17IN4/c1-13-12-18(22-19(21-13)16-6-4-3-5-7-16)24-23-14(2)15-8-10-17(20)11-9-15/h3-12H,1-2H3,(H,21,22,24)/b23-14+. The number of rotatable bonds is 4. The first-order chi connectivity index (χ1) is 11.6. The van der Waals surface area contributed by atoms with Crippen LogP contribution in [0.2, 0.25) is 0 Å². The lowest BCUT2D eigenvalue weighted by Crippen LogP contribution is -2.03. The van der Waals surface area contributed by atoms with Gasteiger partial charge >= 0.3 is 0 Å². The van der Waals surface area contributed by atoms with Crippen LogP contribution in [0.25, 0.3) is 11.4 Å². The minimum atomic E-state index is 0.686. The fourth-order valence-corrected chi connectivity index (χ4v) is 2.60. The molecule has 2 aromatic carbocycles. The Kier molecular flexibility index (Phi) is 5.20. The third kappa shape index (κ3) is 4.17. The van der Waals surface area contributed by atoms with Gasteiger partial charge < -0.3 is 0 Å². The van der Waals surface area contributed by atoms with Gasteiger partial charge in [-0.2, -0.15) is 5.10 Å². The fourth-order valence-electron chi connectivity index (χ4n) is 2.24. The Bertz CT molecular complexity index is 858. The monoisotopic (exact) mass is 428 g/mol. The Morgan fingerprint density at radius 2 is 1.71 bits per heavy atom. The molecule has 0 saturated carbocycles. The number of hydrogen-bond acceptors (Lipinski definition) is 4. The smallest absolute Gasteiger partial charge is 0.161 e. The van der Waals surface area contributed by atoms with Crippen molar-refractivity contribution in [1.82, 2.24) is 9.97 Å². The molecular formula is C19H17IN4. The van der Waals surface area contributed by atoms with Gasteiger partial charge in [-0.25, -0.2) is 9.97 Å². The first-order valence-electron chi connectivity index (χ1n) is 7.59. The Labute approximate surface area is 155 Å². The molecule has 0 radical (unpaired) electrons. The topological polar surface area (TPSA) is 50.2 Å². The molecule has 1 N–H and O–H groups in total. The van der Waals surface area contributed by atoms with E-state index in [1.165, 1.54) is 3.57 Å². The first kappa shape index (κ1) is 16.6. The summed E-state index contributed by atoms with van der Waals surface area (Å²) in [7, 11) is 0. The van der Waals surface area contributed by atoms with Gasteiger partial charge in [-0.15, -0.1) is 0 Å². The molecule has 0 spiro atoms. The van der Waals surface area contributed by atoms with Crippen LogP contribution in [0.5, 0.6) is 0 Å². The van der Waals surface area contributed by atoms with Gasteiger partial charge in [-0.3, -0.25) is 5.43 Å². The molecule has 0 bridgehead atoms. The molecule has 0 atom stereocenters. The van der Waals surface area contributed by atoms with Crippen molar-refractivity contribution in [2.45, 2.75) is 13.8 Å². The average Bonchev–Trinajstić information content (AvgIpc) is 2.60. The highest BCUT2D eigenvalue weighted by Gasteiger charge is 2.04. The van der Waals surface area contributed by atoms with Crippen molar-refractivity contribution < 1.29 is 0 Å². The number of aromatic nitrogens is 2. The van der Waals surface area contributed by atoms with Crippen molar-refractivity contribution in [2.75, 3.05) is 5.43 Å². The van der Waals surface area contributed by atoms with Gasteiger partial charge in [0.05, 0.1) is 5.71 Å². The molecule has 0 aliphatic carbocycles. The summed E-state index contributed by atoms with van der Waals surface area (Å²) in [4.78, 5) is 9.05. The van der Waals surface area contributed by atoms with E-state index in [2.05, 4.69) is 67.4 Å². The predicted molar refractivity (Wildman–Crippen MR) is 107 cm³/mol. The van der Waals surface area contributed by atoms with Crippen LogP contribution in [-0.2, 0) is 0 Å². The van der Waals surface area contributed by atoms with Crippen LogP contribution in [0.1, 0.15) is 18.2 Å². The van der Waals surface area contributed by atoms with Crippen LogP contribution in [0.4, 0.5) is 5.82 Å². The summed E-state index contributed by atoms with van der Waals surface area (Å²) in [5.74, 6) is 1.38. The predicted octanol–water partition coefficient (Wildman–Crippen LogP) is 4.89. The summed E-state index contributed by atoms with van der Waals surface area (Å²) in [6.07, 6.45) is 0. The van der Waals surface area contributed by atoms with E-state index in [9.17, 15) is 0 Å². The molecule has 1 aromatic heterocycles. The number of nitrogens with zero attached hydrogens (tertiary/aromatic N) is 3. The van der Waals surface area contributed by atoms with Gasteiger partial charge in [0.1, 0.15) is 0 Å². The molecule has 3 aromatic rings. The highest BCUT2D eigenvalue weighted by atomic mass is 127. The maximum atomic E-state index is 4.55. The van der Waals surface area contributed by atoms with E-state index < -0.39 is 0 Å². The van der Waals surface area contributed by atoms with Crippen LogP contribution in [-0.4, -0.2) is 15.7 Å². The van der Waals surface area contributed by atoms with E-state index in [1.807, 2.05) is 50.2 Å². The van der Waals surface area contributed by atoms with Gasteiger partial charge in [0.25, 0.3) is 0 Å². The summed E-state index contributed by atoms with van der Waals surface area (Å²) in [6, 6.07) is 20.1. The molecule has 0 unspecified atom stereocenters. The fraction of sp³-hybridized carbons (Fsp3) is 0.105. The van der Waals surface area contributed by atoms with Gasteiger partial charge in [0.2, 0.25) is 0 Å². The van der Waals surface area contributed by atoms with Gasteiger partial charge in [-0.1, -0.05) is 42.5 Å². The van der Waals surface area contributed by atoms with E-state index in [0.717, 1.165) is 22.5 Å². The molecule has 0 fully saturated rings. The van der Waals surface area contributed by atoms with Crippen molar-refractivity contribution in [2.24, 2.45) is 5.10 Å². The van der Waals surface area contributed by atoms with Crippen molar-refractivity contribution in [3.8, 4) is 11.4 Å². The molecule has 0 saturated heterocycles. The highest BCUT2D eigenvalue weighted by Crippen LogP contribution is 2.17. The Morgan fingerprint density at radius 1 is 1.00 bits per heavy atom. The molecule has 0 aliphatic heterocycles. The number of hydrogen-bond donors (Lipinski definition) is 1. The Hall–Kier alpha value is -2.28. The van der Waals surface area contributed by atoms with E-state index in [0.29, 0.717) is 11.6 Å². The van der Waals surface area contributed by atoms with Crippen molar-refractivity contribution in [3.63, 3.8) is 0 Å². The number of aryl methyl sites for hydroxylation is 1. The molecule has 120 valence electrons. The maximum absolute atomic E-state index is 4.55. The normalized spacial score (nSPS) is 11.4. The number of nitrogens with one attached hydrogen (secondary N) is 1. The summed E-state index contributed by atoms with van der Waals surface area (Å²) >= 11 is 2.29. The number of halogens is 1. The quantitative estimate of drug-likeness (QED) is 0.366. The first-order valence-corrected chi connectivity index (χ1v) is 8.67. The van der Waals surface area contributed by atoms with E-state index >= 15 is 0 Å². The third-order valence-electron chi connectivity index (χ3n) is 3.49. The Balaban J connectivity index is 1.84. The number of anilines is 1. The number of benzene rings is 2. The second-order valence-electron chi connectivity index (χ2n) is 5.40. The zero-order valence-electron chi connectivity index (χ0n) is 13.5. The molecule has 0 aliphatic rings. The van der Waals surface area contributed by atoms with E-state index in [-0.39, 0.29) is 0 Å². The van der Waals surface area contributed by atoms with Crippen molar-refractivity contribution >= 4 is 34.1 Å². The zero-order chi connectivity index (χ0) is 16.9. The third-order valence-corrected chi connectivity index (χ3v) is 4.21. The SMILES string of the molecule is C/C(=N\Nc1cc(C)nc(-c2ccccc2)n1)c1ccc(I)cc1. The van der Waals surface area contributed by atoms with Crippen LogP contribution >= 0.6 is 22.6 Å². The van der Waals surface area contributed by atoms with Gasteiger partial charge in [0, 0.05) is 20.9 Å². The molecule has 5 heteroatoms. The van der Waals surface area contributed by atoms with Gasteiger partial charge in [-0.05, 0) is 54.1 Å². The average molecular weight is 428 g/mol. The summed E-state index contributed by atoms with van der Waals surface area (Å²) in [6.45, 7) is 3.93. The van der Waals surface area contributed by atoms with Gasteiger partial charge in [0.15, 0.2) is 11.6 Å². The zero-order valence-corrected chi connectivity index (χ0v) is 15.7. The molecule has 1 heterocycles. The van der Waals surface area contributed by atoms with Crippen molar-refractivity contribution in [1.29, 1.82) is 0 Å². The lowest BCUT2D eigenvalue weighted by atomic mass is 10.1. The largest absolute Gasteiger partial charge is 0.261 e. The van der Waals surface area contributed by atoms with E-state index in [4.69, 9.17) is 0 Å². The second kappa shape index (κ2) is 7.53. The van der Waals surface area contributed by atoms with Crippen LogP contribution < -0.4 is 5.43 Å². The summed E-state index contributed by atoms with van der Waals surface area (Å²) in [5, 5.41) is 4.44. The number of hydrazone groups is 1. The Morgan fingerprint density at radius 3 is 2.42 bits per heavy atom. The molecule has 0 amide bonds. The maximum Gasteiger partial charge on any atom is 0.161 e. The molecule has 24 heavy (non-hydrogen) atoms. The summed E-state index contributed by atoms with van der Waals surface area (Å²) in [5.41, 5.74) is 6.92. The molecular weight excluding hydrogens is 411 g/mol. The minimum absolute atomic E-state index is 0.686. The highest BCUT2D eigenvalue weighted by molar-refractivity contribution is 14.1. The second-order valence-corrected chi connectivity index (χ2v) is 6.65. The molecule has 4 nitrogen and oxygen atoms in total. The van der Waals surface area contributed by atoms with Crippen LogP contribution in [0.15, 0.2) is 65.8 Å². The minimum Gasteiger partial charge on any atom is -0.261 e. The lowest BCUT2D eigenvalue weighted by Gasteiger charge is -2.07. The summed E-state index contributed by atoms with van der Waals surface area (Å²) < 4.78 is 1.20. The van der Waals surface area contributed by atoms with Crippen molar-refractivity contribution in [3.05, 3.63) is 75.5 Å². The van der Waals surface area contributed by atoms with Crippen LogP contribution in [0.3, 0.4) is 0 Å². The lowest BCUT2D eigenvalue weighted by molar-refractivity contribution is 1.09. The molecule has 3 rings (SSSR count).